The van der Waals surface area contributed by atoms with Crippen LogP contribution in [0.5, 0.6) is 0 Å². The van der Waals surface area contributed by atoms with E-state index in [1.54, 1.807) is 5.57 Å². The van der Waals surface area contributed by atoms with Gasteiger partial charge in [0.15, 0.2) is 0 Å². The summed E-state index contributed by atoms with van der Waals surface area (Å²) in [5.41, 5.74) is 2.98. The second-order valence-corrected chi connectivity index (χ2v) is 10.0. The van der Waals surface area contributed by atoms with E-state index >= 15 is 0 Å². The lowest BCUT2D eigenvalue weighted by Crippen LogP contribution is -2.50. The summed E-state index contributed by atoms with van der Waals surface area (Å²) in [5.74, 6) is 4.04. The first-order chi connectivity index (χ1) is 10.5. The molecule has 124 valence electrons. The molecule has 0 aromatic carbocycles. The van der Waals surface area contributed by atoms with Gasteiger partial charge in [0.05, 0.1) is 0 Å². The molecule has 22 heavy (non-hydrogen) atoms. The fourth-order valence-corrected chi connectivity index (χ4v) is 7.80. The SMILES string of the molecule is CC[C@H]1CCC2C3CCC4=C[C@@H](S)CC[C@]4(C)C3CC[C@@]21C. The van der Waals surface area contributed by atoms with Gasteiger partial charge in [-0.3, -0.25) is 0 Å². The molecule has 1 heteroatoms. The molecule has 0 N–H and O–H groups in total. The monoisotopic (exact) mass is 318 g/mol. The summed E-state index contributed by atoms with van der Waals surface area (Å²) in [5, 5.41) is 0.532. The smallest absolute Gasteiger partial charge is 0.0199 e. The highest BCUT2D eigenvalue weighted by Crippen LogP contribution is 2.67. The number of fused-ring (bicyclic) bond motifs is 5. The maximum Gasteiger partial charge on any atom is 0.0199 e. The molecule has 0 bridgehead atoms. The van der Waals surface area contributed by atoms with Crippen molar-refractivity contribution in [2.24, 2.45) is 34.5 Å². The van der Waals surface area contributed by atoms with Crippen molar-refractivity contribution in [2.75, 3.05) is 0 Å². The van der Waals surface area contributed by atoms with Crippen LogP contribution in [0.3, 0.4) is 0 Å². The number of allylic oxidation sites excluding steroid dienone is 1. The molecule has 0 radical (unpaired) electrons. The first kappa shape index (κ1) is 15.6. The van der Waals surface area contributed by atoms with E-state index in [0.717, 1.165) is 23.7 Å². The van der Waals surface area contributed by atoms with Gasteiger partial charge in [-0.2, -0.15) is 12.6 Å². The molecular weight excluding hydrogens is 284 g/mol. The van der Waals surface area contributed by atoms with Crippen molar-refractivity contribution in [3.8, 4) is 0 Å². The van der Waals surface area contributed by atoms with Gasteiger partial charge in [0.1, 0.15) is 0 Å². The largest absolute Gasteiger partial charge is 0.172 e. The van der Waals surface area contributed by atoms with E-state index < -0.39 is 0 Å². The van der Waals surface area contributed by atoms with E-state index in [9.17, 15) is 0 Å². The van der Waals surface area contributed by atoms with Crippen LogP contribution in [-0.4, -0.2) is 5.25 Å². The number of rotatable bonds is 1. The Hall–Kier alpha value is 0.0900. The number of thiol groups is 1. The van der Waals surface area contributed by atoms with Gasteiger partial charge >= 0.3 is 0 Å². The molecule has 4 aliphatic carbocycles. The van der Waals surface area contributed by atoms with Crippen LogP contribution in [0.4, 0.5) is 0 Å². The summed E-state index contributed by atoms with van der Waals surface area (Å²) in [4.78, 5) is 0. The van der Waals surface area contributed by atoms with E-state index in [1.807, 2.05) is 0 Å². The molecule has 0 spiro atoms. The van der Waals surface area contributed by atoms with Gasteiger partial charge in [0.25, 0.3) is 0 Å². The maximum atomic E-state index is 4.76. The van der Waals surface area contributed by atoms with Crippen LogP contribution in [-0.2, 0) is 0 Å². The standard InChI is InChI=1S/C21H34S/c1-4-14-6-8-18-17-7-5-15-13-16(22)9-11-21(15,3)19(17)10-12-20(14,18)2/h13-14,16-19,22H,4-12H2,1-3H3/t14-,16-,17?,18?,19?,20+,21-/m0/s1. The van der Waals surface area contributed by atoms with E-state index in [0.29, 0.717) is 16.1 Å². The van der Waals surface area contributed by atoms with Crippen molar-refractivity contribution in [1.82, 2.24) is 0 Å². The summed E-state index contributed by atoms with van der Waals surface area (Å²) in [6.45, 7) is 7.71. The van der Waals surface area contributed by atoms with Crippen LogP contribution in [0.25, 0.3) is 0 Å². The average molecular weight is 319 g/mol. The molecule has 0 heterocycles. The lowest BCUT2D eigenvalue weighted by molar-refractivity contribution is -0.0513. The van der Waals surface area contributed by atoms with Gasteiger partial charge < -0.3 is 0 Å². The molecule has 3 saturated carbocycles. The first-order valence-corrected chi connectivity index (χ1v) is 10.4. The van der Waals surface area contributed by atoms with Crippen LogP contribution in [0, 0.1) is 34.5 Å². The van der Waals surface area contributed by atoms with Gasteiger partial charge in [0, 0.05) is 5.25 Å². The predicted octanol–water partition coefficient (Wildman–Crippen LogP) is 6.27. The van der Waals surface area contributed by atoms with Crippen LogP contribution >= 0.6 is 12.6 Å². The Morgan fingerprint density at radius 2 is 1.86 bits per heavy atom. The summed E-state index contributed by atoms with van der Waals surface area (Å²) in [7, 11) is 0. The van der Waals surface area contributed by atoms with Crippen molar-refractivity contribution in [2.45, 2.75) is 83.8 Å². The molecule has 0 nitrogen and oxygen atoms in total. The summed E-state index contributed by atoms with van der Waals surface area (Å²) in [6, 6.07) is 0. The minimum atomic E-state index is 0.522. The zero-order chi connectivity index (χ0) is 15.5. The Labute approximate surface area is 142 Å². The third-order valence-electron chi connectivity index (χ3n) is 8.78. The second-order valence-electron chi connectivity index (χ2n) is 9.36. The van der Waals surface area contributed by atoms with E-state index in [2.05, 4.69) is 26.8 Å². The van der Waals surface area contributed by atoms with Gasteiger partial charge in [-0.05, 0) is 85.9 Å². The fraction of sp³-hybridized carbons (Fsp3) is 0.905. The van der Waals surface area contributed by atoms with Gasteiger partial charge in [-0.25, -0.2) is 0 Å². The van der Waals surface area contributed by atoms with Crippen molar-refractivity contribution in [3.63, 3.8) is 0 Å². The lowest BCUT2D eigenvalue weighted by atomic mass is 9.47. The number of hydrogen-bond donors (Lipinski definition) is 1. The van der Waals surface area contributed by atoms with Crippen LogP contribution < -0.4 is 0 Å². The third-order valence-corrected chi connectivity index (χ3v) is 9.19. The Morgan fingerprint density at radius 3 is 2.64 bits per heavy atom. The second kappa shape index (κ2) is 5.30. The quantitative estimate of drug-likeness (QED) is 0.427. The van der Waals surface area contributed by atoms with Crippen molar-refractivity contribution in [3.05, 3.63) is 11.6 Å². The summed E-state index contributed by atoms with van der Waals surface area (Å²) < 4.78 is 0. The minimum Gasteiger partial charge on any atom is -0.172 e. The van der Waals surface area contributed by atoms with Crippen molar-refractivity contribution in [1.29, 1.82) is 0 Å². The Bertz CT molecular complexity index is 480. The van der Waals surface area contributed by atoms with E-state index in [4.69, 9.17) is 12.6 Å². The molecule has 3 unspecified atom stereocenters. The molecule has 0 amide bonds. The van der Waals surface area contributed by atoms with Crippen LogP contribution in [0.15, 0.2) is 11.6 Å². The zero-order valence-electron chi connectivity index (χ0n) is 14.8. The molecule has 0 aliphatic heterocycles. The zero-order valence-corrected chi connectivity index (χ0v) is 15.7. The molecule has 4 aliphatic rings. The summed E-state index contributed by atoms with van der Waals surface area (Å²) in [6.07, 6.45) is 15.5. The first-order valence-electron chi connectivity index (χ1n) is 9.88. The van der Waals surface area contributed by atoms with E-state index in [-0.39, 0.29) is 0 Å². The third kappa shape index (κ3) is 2.03. The molecule has 0 aromatic heterocycles. The van der Waals surface area contributed by atoms with Gasteiger partial charge in [-0.15, -0.1) is 0 Å². The molecule has 0 saturated heterocycles. The molecule has 7 atom stereocenters. The van der Waals surface area contributed by atoms with Crippen molar-refractivity contribution >= 4 is 12.6 Å². The average Bonchev–Trinajstić information content (AvgIpc) is 2.84. The van der Waals surface area contributed by atoms with Gasteiger partial charge in [0.2, 0.25) is 0 Å². The topological polar surface area (TPSA) is 0 Å². The lowest BCUT2D eigenvalue weighted by Gasteiger charge is -2.58. The molecule has 4 rings (SSSR count). The highest BCUT2D eigenvalue weighted by Gasteiger charge is 2.58. The fourth-order valence-electron chi connectivity index (χ4n) is 7.49. The molecule has 3 fully saturated rings. The molecular formula is C21H34S. The molecule has 0 aromatic rings. The van der Waals surface area contributed by atoms with Crippen LogP contribution in [0.1, 0.15) is 78.6 Å². The summed E-state index contributed by atoms with van der Waals surface area (Å²) >= 11 is 4.76. The Kier molecular flexibility index (Phi) is 3.76. The predicted molar refractivity (Wildman–Crippen MR) is 98.3 cm³/mol. The van der Waals surface area contributed by atoms with Gasteiger partial charge in [-0.1, -0.05) is 38.8 Å². The minimum absolute atomic E-state index is 0.522. The maximum absolute atomic E-state index is 4.76. The Balaban J connectivity index is 1.65. The van der Waals surface area contributed by atoms with E-state index in [1.165, 1.54) is 57.8 Å². The highest BCUT2D eigenvalue weighted by atomic mass is 32.1. The van der Waals surface area contributed by atoms with Crippen molar-refractivity contribution < 1.29 is 0 Å². The normalized spacial score (nSPS) is 54.2. The Morgan fingerprint density at radius 1 is 1.05 bits per heavy atom. The van der Waals surface area contributed by atoms with Crippen LogP contribution in [0.2, 0.25) is 0 Å². The number of hydrogen-bond acceptors (Lipinski definition) is 1. The highest BCUT2D eigenvalue weighted by molar-refractivity contribution is 7.81.